The Morgan fingerprint density at radius 1 is 1.18 bits per heavy atom. The third-order valence-electron chi connectivity index (χ3n) is 5.09. The minimum Gasteiger partial charge on any atom is -0.478 e. The molecule has 0 spiro atoms. The van der Waals surface area contributed by atoms with Gasteiger partial charge in [0, 0.05) is 13.1 Å². The Kier molecular flexibility index (Phi) is 5.16. The first-order valence-corrected chi connectivity index (χ1v) is 9.93. The molecule has 0 atom stereocenters. The normalized spacial score (nSPS) is 14.9. The minimum atomic E-state index is -0.893. The topological polar surface area (TPSA) is 101 Å². The molecule has 0 saturated carbocycles. The van der Waals surface area contributed by atoms with Gasteiger partial charge in [0.25, 0.3) is 5.91 Å². The highest BCUT2D eigenvalue weighted by Crippen LogP contribution is 2.27. The molecule has 0 bridgehead atoms. The maximum Gasteiger partial charge on any atom is 0.335 e. The number of aromatic carboxylic acids is 1. The Labute approximate surface area is 165 Å². The number of aromatic nitrogens is 4. The number of hydrogen-bond acceptors (Lipinski definition) is 6. The minimum absolute atomic E-state index is 0.00936. The number of carbonyl (C=O) groups excluding carboxylic acids is 1. The molecule has 9 heteroatoms. The molecule has 3 aromatic rings. The van der Waals surface area contributed by atoms with Crippen LogP contribution in [-0.2, 0) is 6.42 Å². The van der Waals surface area contributed by atoms with Gasteiger partial charge in [-0.25, -0.2) is 4.79 Å². The number of piperidine rings is 1. The summed E-state index contributed by atoms with van der Waals surface area (Å²) >= 11 is 1.39. The number of carboxylic acids is 1. The van der Waals surface area contributed by atoms with Crippen molar-refractivity contribution >= 4 is 23.2 Å². The highest BCUT2D eigenvalue weighted by Gasteiger charge is 2.27. The van der Waals surface area contributed by atoms with Crippen LogP contribution >= 0.6 is 11.3 Å². The van der Waals surface area contributed by atoms with Crippen LogP contribution in [0.5, 0.6) is 0 Å². The lowest BCUT2D eigenvalue weighted by Crippen LogP contribution is -2.39. The summed E-state index contributed by atoms with van der Waals surface area (Å²) in [6.07, 6.45) is 3.90. The molecule has 8 nitrogen and oxygen atoms in total. The van der Waals surface area contributed by atoms with E-state index in [1.54, 1.807) is 12.1 Å². The van der Waals surface area contributed by atoms with Gasteiger partial charge in [0.05, 0.1) is 11.3 Å². The highest BCUT2D eigenvalue weighted by molar-refractivity contribution is 7.12. The first kappa shape index (κ1) is 18.3. The molecular formula is C19H19N5O3S. The van der Waals surface area contributed by atoms with Crippen LogP contribution in [0.4, 0.5) is 0 Å². The fourth-order valence-electron chi connectivity index (χ4n) is 3.62. The number of carbonyl (C=O) groups is 2. The van der Waals surface area contributed by atoms with Crippen LogP contribution in [0.15, 0.2) is 42.0 Å². The zero-order valence-electron chi connectivity index (χ0n) is 15.1. The number of amides is 1. The van der Waals surface area contributed by atoms with Crippen molar-refractivity contribution in [1.29, 1.82) is 0 Å². The molecule has 0 radical (unpaired) electrons. The van der Waals surface area contributed by atoms with Crippen LogP contribution in [0.3, 0.4) is 0 Å². The lowest BCUT2D eigenvalue weighted by molar-refractivity contribution is 0.0694. The number of carboxylic acid groups (broad SMARTS) is 1. The highest BCUT2D eigenvalue weighted by atomic mass is 32.1. The second-order valence-corrected chi connectivity index (χ2v) is 7.71. The van der Waals surface area contributed by atoms with Gasteiger partial charge >= 0.3 is 5.97 Å². The summed E-state index contributed by atoms with van der Waals surface area (Å²) in [7, 11) is 0. The van der Waals surface area contributed by atoms with Gasteiger partial charge in [-0.15, -0.1) is 16.4 Å². The second kappa shape index (κ2) is 7.89. The largest absolute Gasteiger partial charge is 0.478 e. The molecule has 1 fully saturated rings. The van der Waals surface area contributed by atoms with Gasteiger partial charge in [0.1, 0.15) is 11.2 Å². The smallest absolute Gasteiger partial charge is 0.335 e. The number of benzene rings is 1. The van der Waals surface area contributed by atoms with E-state index in [1.165, 1.54) is 22.3 Å². The van der Waals surface area contributed by atoms with E-state index in [0.29, 0.717) is 35.1 Å². The van der Waals surface area contributed by atoms with Gasteiger partial charge in [0.15, 0.2) is 0 Å². The monoisotopic (exact) mass is 397 g/mol. The fourth-order valence-corrected chi connectivity index (χ4v) is 4.46. The summed E-state index contributed by atoms with van der Waals surface area (Å²) in [5.74, 6) is -0.534. The summed E-state index contributed by atoms with van der Waals surface area (Å²) in [6, 6.07) is 8.98. The quantitative estimate of drug-likeness (QED) is 0.710. The van der Waals surface area contributed by atoms with Gasteiger partial charge in [-0.05, 0) is 58.7 Å². The molecule has 1 aromatic carbocycles. The maximum atomic E-state index is 13.0. The molecule has 1 N–H and O–H groups in total. The Hall–Kier alpha value is -3.07. The predicted octanol–water partition coefficient (Wildman–Crippen LogP) is 2.52. The third-order valence-corrected chi connectivity index (χ3v) is 5.98. The molecule has 0 aliphatic carbocycles. The Balaban J connectivity index is 1.41. The van der Waals surface area contributed by atoms with Crippen molar-refractivity contribution in [2.24, 2.45) is 5.92 Å². The molecule has 3 heterocycles. The van der Waals surface area contributed by atoms with E-state index in [0.717, 1.165) is 24.8 Å². The fraction of sp³-hybridized carbons (Fsp3) is 0.316. The van der Waals surface area contributed by atoms with Gasteiger partial charge in [-0.3, -0.25) is 4.79 Å². The molecule has 1 aliphatic heterocycles. The van der Waals surface area contributed by atoms with Crippen LogP contribution in [0.25, 0.3) is 5.69 Å². The zero-order valence-corrected chi connectivity index (χ0v) is 15.9. The Morgan fingerprint density at radius 3 is 2.68 bits per heavy atom. The van der Waals surface area contributed by atoms with Gasteiger partial charge in [-0.1, -0.05) is 18.2 Å². The van der Waals surface area contributed by atoms with Gasteiger partial charge < -0.3 is 10.0 Å². The number of thiophene rings is 1. The average Bonchev–Trinajstić information content (AvgIpc) is 3.40. The lowest BCUT2D eigenvalue weighted by Gasteiger charge is -2.32. The van der Waals surface area contributed by atoms with Crippen LogP contribution < -0.4 is 0 Å². The molecular weight excluding hydrogens is 378 g/mol. The standard InChI is InChI=1S/C19H19N5O3S/c25-18(17-16(7-10-28-17)24-12-20-21-22-24)23-8-5-13(6-9-23)11-14-3-1-2-4-15(14)19(26)27/h1-4,7,10,12-13H,5-6,8-9,11H2,(H,26,27). The van der Waals surface area contributed by atoms with Crippen LogP contribution in [0.2, 0.25) is 0 Å². The summed E-state index contributed by atoms with van der Waals surface area (Å²) in [5.41, 5.74) is 1.92. The SMILES string of the molecule is O=C(O)c1ccccc1CC1CCN(C(=O)c2sccc2-n2cnnn2)CC1. The van der Waals surface area contributed by atoms with Gasteiger partial charge in [0.2, 0.25) is 0 Å². The molecule has 1 saturated heterocycles. The van der Waals surface area contributed by atoms with E-state index >= 15 is 0 Å². The predicted molar refractivity (Wildman–Crippen MR) is 103 cm³/mol. The van der Waals surface area contributed by atoms with Crippen molar-refractivity contribution in [2.45, 2.75) is 19.3 Å². The summed E-state index contributed by atoms with van der Waals surface area (Å²) < 4.78 is 1.50. The zero-order chi connectivity index (χ0) is 19.5. The van der Waals surface area contributed by atoms with Crippen molar-refractivity contribution in [1.82, 2.24) is 25.1 Å². The van der Waals surface area contributed by atoms with Crippen molar-refractivity contribution < 1.29 is 14.7 Å². The van der Waals surface area contributed by atoms with E-state index in [-0.39, 0.29) is 5.91 Å². The second-order valence-electron chi connectivity index (χ2n) is 6.79. The molecule has 28 heavy (non-hydrogen) atoms. The van der Waals surface area contributed by atoms with Crippen molar-refractivity contribution in [3.63, 3.8) is 0 Å². The lowest BCUT2D eigenvalue weighted by atomic mass is 9.88. The third kappa shape index (κ3) is 3.65. The Morgan fingerprint density at radius 2 is 1.96 bits per heavy atom. The number of nitrogens with zero attached hydrogens (tertiary/aromatic N) is 5. The van der Waals surface area contributed by atoms with E-state index < -0.39 is 5.97 Å². The van der Waals surface area contributed by atoms with E-state index in [4.69, 9.17) is 0 Å². The van der Waals surface area contributed by atoms with Crippen molar-refractivity contribution in [2.75, 3.05) is 13.1 Å². The van der Waals surface area contributed by atoms with E-state index in [2.05, 4.69) is 15.5 Å². The number of tetrazole rings is 1. The van der Waals surface area contributed by atoms with E-state index in [9.17, 15) is 14.7 Å². The van der Waals surface area contributed by atoms with Gasteiger partial charge in [-0.2, -0.15) is 4.68 Å². The number of hydrogen-bond donors (Lipinski definition) is 1. The van der Waals surface area contributed by atoms with Crippen molar-refractivity contribution in [3.8, 4) is 5.69 Å². The summed E-state index contributed by atoms with van der Waals surface area (Å²) in [5, 5.41) is 22.3. The molecule has 144 valence electrons. The maximum absolute atomic E-state index is 13.0. The number of rotatable bonds is 5. The molecule has 1 aliphatic rings. The van der Waals surface area contributed by atoms with Crippen LogP contribution in [-0.4, -0.2) is 55.2 Å². The summed E-state index contributed by atoms with van der Waals surface area (Å²) in [6.45, 7) is 1.32. The van der Waals surface area contributed by atoms with E-state index in [1.807, 2.05) is 28.5 Å². The van der Waals surface area contributed by atoms with Crippen LogP contribution in [0.1, 0.15) is 38.4 Å². The summed E-state index contributed by atoms with van der Waals surface area (Å²) in [4.78, 5) is 26.8. The van der Waals surface area contributed by atoms with Crippen LogP contribution in [0, 0.1) is 5.92 Å². The molecule has 4 rings (SSSR count). The first-order valence-electron chi connectivity index (χ1n) is 9.05. The number of likely N-dealkylation sites (tertiary alicyclic amines) is 1. The molecule has 2 aromatic heterocycles. The average molecular weight is 397 g/mol. The molecule has 0 unspecified atom stereocenters. The molecule has 1 amide bonds. The first-order chi connectivity index (χ1) is 13.6. The Bertz CT molecular complexity index is 977. The van der Waals surface area contributed by atoms with Crippen molar-refractivity contribution in [3.05, 3.63) is 58.0 Å².